The largest absolute Gasteiger partial charge is 0.371 e. The van der Waals surface area contributed by atoms with Crippen LogP contribution in [0.2, 0.25) is 5.02 Å². The molecule has 1 fully saturated rings. The first-order chi connectivity index (χ1) is 11.5. The van der Waals surface area contributed by atoms with Gasteiger partial charge in [-0.15, -0.1) is 0 Å². The van der Waals surface area contributed by atoms with Crippen LogP contribution >= 0.6 is 11.6 Å². The van der Waals surface area contributed by atoms with E-state index in [9.17, 15) is 18.9 Å². The van der Waals surface area contributed by atoms with Gasteiger partial charge in [-0.25, -0.2) is 13.8 Å². The van der Waals surface area contributed by atoms with Gasteiger partial charge in [0, 0.05) is 18.9 Å². The molecule has 0 bridgehead atoms. The number of pyridine rings is 1. The Morgan fingerprint density at radius 2 is 2.12 bits per heavy atom. The minimum atomic E-state index is -0.975. The molecular weight excluding hydrogens is 344 g/mol. The van der Waals surface area contributed by atoms with E-state index in [0.717, 1.165) is 12.1 Å². The Morgan fingerprint density at radius 1 is 1.33 bits per heavy atom. The molecule has 126 valence electrons. The summed E-state index contributed by atoms with van der Waals surface area (Å²) in [6, 6.07) is 4.32. The number of rotatable bonds is 4. The number of hydrogen-bond acceptors (Lipinski definition) is 5. The molecule has 1 aliphatic rings. The maximum absolute atomic E-state index is 13.4. The molecule has 2 atom stereocenters. The lowest BCUT2D eigenvalue weighted by atomic mass is 10.0. The average molecular weight is 356 g/mol. The van der Waals surface area contributed by atoms with Gasteiger partial charge in [0.1, 0.15) is 6.10 Å². The van der Waals surface area contributed by atoms with E-state index in [2.05, 4.69) is 10.3 Å². The molecular formula is C15H12ClF2N3O3. The number of ether oxygens (including phenoxy) is 1. The molecule has 2 heterocycles. The summed E-state index contributed by atoms with van der Waals surface area (Å²) in [6.07, 6.45) is 1.25. The Labute approximate surface area is 140 Å². The number of nitro groups is 1. The maximum atomic E-state index is 13.4. The van der Waals surface area contributed by atoms with Crippen LogP contribution in [0.3, 0.4) is 0 Å². The summed E-state index contributed by atoms with van der Waals surface area (Å²) in [5.41, 5.74) is 0.180. The highest BCUT2D eigenvalue weighted by atomic mass is 35.5. The summed E-state index contributed by atoms with van der Waals surface area (Å²) < 4.78 is 32.1. The van der Waals surface area contributed by atoms with Crippen LogP contribution in [0.1, 0.15) is 18.1 Å². The lowest BCUT2D eigenvalue weighted by molar-refractivity contribution is -0.384. The van der Waals surface area contributed by atoms with Crippen LogP contribution in [0.4, 0.5) is 20.3 Å². The highest BCUT2D eigenvalue weighted by molar-refractivity contribution is 6.30. The van der Waals surface area contributed by atoms with Gasteiger partial charge in [0.2, 0.25) is 5.82 Å². The first-order valence-electron chi connectivity index (χ1n) is 7.08. The summed E-state index contributed by atoms with van der Waals surface area (Å²) in [7, 11) is 0. The highest BCUT2D eigenvalue weighted by Crippen LogP contribution is 2.34. The lowest BCUT2D eigenvalue weighted by Crippen LogP contribution is -2.24. The van der Waals surface area contributed by atoms with E-state index in [1.54, 1.807) is 0 Å². The predicted octanol–water partition coefficient (Wildman–Crippen LogP) is 3.86. The smallest absolute Gasteiger partial charge is 0.312 e. The highest BCUT2D eigenvalue weighted by Gasteiger charge is 2.32. The van der Waals surface area contributed by atoms with Crippen molar-refractivity contribution in [2.75, 3.05) is 11.9 Å². The molecule has 1 aromatic carbocycles. The van der Waals surface area contributed by atoms with Crippen molar-refractivity contribution in [2.24, 2.45) is 0 Å². The molecule has 0 amide bonds. The van der Waals surface area contributed by atoms with Crippen LogP contribution in [0.5, 0.6) is 0 Å². The second-order valence-corrected chi connectivity index (χ2v) is 5.72. The van der Waals surface area contributed by atoms with E-state index in [0.29, 0.717) is 18.6 Å². The number of halogens is 3. The third kappa shape index (κ3) is 3.29. The summed E-state index contributed by atoms with van der Waals surface area (Å²) in [5.74, 6) is -1.87. The van der Waals surface area contributed by atoms with Gasteiger partial charge in [0.15, 0.2) is 11.6 Å². The lowest BCUT2D eigenvalue weighted by Gasteiger charge is -2.20. The van der Waals surface area contributed by atoms with Crippen molar-refractivity contribution >= 4 is 23.1 Å². The molecule has 0 radical (unpaired) electrons. The monoisotopic (exact) mass is 355 g/mol. The maximum Gasteiger partial charge on any atom is 0.312 e. The quantitative estimate of drug-likeness (QED) is 0.665. The normalized spacial score (nSPS) is 20.1. The second kappa shape index (κ2) is 6.66. The molecule has 1 N–H and O–H groups in total. The number of anilines is 1. The third-order valence-corrected chi connectivity index (χ3v) is 3.92. The van der Waals surface area contributed by atoms with E-state index in [1.165, 1.54) is 18.3 Å². The van der Waals surface area contributed by atoms with Crippen molar-refractivity contribution in [2.45, 2.75) is 18.6 Å². The number of aromatic nitrogens is 1. The van der Waals surface area contributed by atoms with Gasteiger partial charge in [-0.1, -0.05) is 17.7 Å². The Bertz CT molecular complexity index is 791. The van der Waals surface area contributed by atoms with Crippen molar-refractivity contribution in [1.82, 2.24) is 4.98 Å². The molecule has 1 aromatic heterocycles. The molecule has 24 heavy (non-hydrogen) atoms. The van der Waals surface area contributed by atoms with E-state index in [-0.39, 0.29) is 22.6 Å². The van der Waals surface area contributed by atoms with Gasteiger partial charge in [0.05, 0.1) is 16.0 Å². The molecule has 0 spiro atoms. The van der Waals surface area contributed by atoms with Crippen molar-refractivity contribution in [3.63, 3.8) is 0 Å². The van der Waals surface area contributed by atoms with E-state index in [1.807, 2.05) is 0 Å². The number of benzene rings is 1. The van der Waals surface area contributed by atoms with Crippen LogP contribution in [-0.4, -0.2) is 22.6 Å². The first kappa shape index (κ1) is 16.5. The zero-order valence-electron chi connectivity index (χ0n) is 12.2. The fourth-order valence-corrected chi connectivity index (χ4v) is 2.76. The zero-order valence-corrected chi connectivity index (χ0v) is 13.0. The molecule has 3 rings (SSSR count). The van der Waals surface area contributed by atoms with E-state index < -0.39 is 22.7 Å². The zero-order chi connectivity index (χ0) is 17.3. The van der Waals surface area contributed by atoms with E-state index >= 15 is 0 Å². The van der Waals surface area contributed by atoms with Crippen molar-refractivity contribution in [1.29, 1.82) is 0 Å². The number of hydrogen-bond donors (Lipinski definition) is 1. The summed E-state index contributed by atoms with van der Waals surface area (Å²) in [5, 5.41) is 14.2. The minimum absolute atomic E-state index is 0.0486. The Kier molecular flexibility index (Phi) is 4.59. The van der Waals surface area contributed by atoms with Gasteiger partial charge < -0.3 is 10.1 Å². The summed E-state index contributed by atoms with van der Waals surface area (Å²) >= 11 is 5.74. The fourth-order valence-electron chi connectivity index (χ4n) is 2.61. The van der Waals surface area contributed by atoms with Crippen LogP contribution in [0.15, 0.2) is 30.5 Å². The molecule has 2 unspecified atom stereocenters. The van der Waals surface area contributed by atoms with Crippen molar-refractivity contribution in [3.05, 3.63) is 62.8 Å². The van der Waals surface area contributed by atoms with Gasteiger partial charge in [-0.05, 0) is 24.1 Å². The summed E-state index contributed by atoms with van der Waals surface area (Å²) in [6.45, 7) is 0.378. The SMILES string of the molecule is O=[N+]([O-])c1cc(Cl)cnc1NC1CCOC1c1ccc(F)c(F)c1. The molecule has 6 nitrogen and oxygen atoms in total. The molecule has 0 saturated carbocycles. The molecule has 0 aliphatic carbocycles. The minimum Gasteiger partial charge on any atom is -0.371 e. The van der Waals surface area contributed by atoms with Crippen LogP contribution < -0.4 is 5.32 Å². The average Bonchev–Trinajstić information content (AvgIpc) is 2.99. The van der Waals surface area contributed by atoms with Gasteiger partial charge in [-0.3, -0.25) is 10.1 Å². The van der Waals surface area contributed by atoms with Crippen LogP contribution in [0, 0.1) is 21.7 Å². The predicted molar refractivity (Wildman–Crippen MR) is 83.0 cm³/mol. The molecule has 9 heteroatoms. The second-order valence-electron chi connectivity index (χ2n) is 5.28. The van der Waals surface area contributed by atoms with Crippen LogP contribution in [0.25, 0.3) is 0 Å². The van der Waals surface area contributed by atoms with Gasteiger partial charge in [-0.2, -0.15) is 0 Å². The standard InChI is InChI=1S/C15H12ClF2N3O3/c16-9-6-13(21(22)23)15(19-7-9)20-12-3-4-24-14(12)8-1-2-10(17)11(18)5-8/h1-2,5-7,12,14H,3-4H2,(H,19,20). The molecule has 2 aromatic rings. The van der Waals surface area contributed by atoms with Crippen molar-refractivity contribution in [3.8, 4) is 0 Å². The Hall–Kier alpha value is -2.32. The van der Waals surface area contributed by atoms with Crippen LogP contribution in [-0.2, 0) is 4.74 Å². The molecule has 1 saturated heterocycles. The van der Waals surface area contributed by atoms with E-state index in [4.69, 9.17) is 16.3 Å². The molecule has 1 aliphatic heterocycles. The topological polar surface area (TPSA) is 77.3 Å². The summed E-state index contributed by atoms with van der Waals surface area (Å²) in [4.78, 5) is 14.5. The number of nitrogens with one attached hydrogen (secondary N) is 1. The Morgan fingerprint density at radius 3 is 2.83 bits per heavy atom. The number of nitrogens with zero attached hydrogens (tertiary/aromatic N) is 2. The van der Waals surface area contributed by atoms with Gasteiger partial charge in [0.25, 0.3) is 0 Å². The Balaban J connectivity index is 1.87. The van der Waals surface area contributed by atoms with Gasteiger partial charge >= 0.3 is 5.69 Å². The third-order valence-electron chi connectivity index (χ3n) is 3.72. The first-order valence-corrected chi connectivity index (χ1v) is 7.46. The fraction of sp³-hybridized carbons (Fsp3) is 0.267. The van der Waals surface area contributed by atoms with Crippen molar-refractivity contribution < 1.29 is 18.4 Å².